The van der Waals surface area contributed by atoms with Crippen molar-refractivity contribution >= 4 is 35.0 Å². The van der Waals surface area contributed by atoms with E-state index in [4.69, 9.17) is 27.6 Å². The molecule has 3 rings (SSSR count). The summed E-state index contributed by atoms with van der Waals surface area (Å²) in [6.07, 6.45) is -3.43. The van der Waals surface area contributed by atoms with Gasteiger partial charge in [-0.15, -0.1) is 10.2 Å². The number of rotatable bonds is 4. The van der Waals surface area contributed by atoms with Crippen molar-refractivity contribution in [3.63, 3.8) is 0 Å². The molecule has 0 unspecified atom stereocenters. The van der Waals surface area contributed by atoms with Crippen LogP contribution in [0.15, 0.2) is 34.0 Å². The van der Waals surface area contributed by atoms with Gasteiger partial charge < -0.3 is 4.42 Å². The summed E-state index contributed by atoms with van der Waals surface area (Å²) in [6, 6.07) is 5.13. The minimum Gasteiger partial charge on any atom is -0.411 e. The van der Waals surface area contributed by atoms with E-state index in [1.54, 1.807) is 18.2 Å². The number of aromatic nitrogens is 4. The maximum atomic E-state index is 13.0. The van der Waals surface area contributed by atoms with Crippen molar-refractivity contribution < 1.29 is 17.6 Å². The van der Waals surface area contributed by atoms with Crippen molar-refractivity contribution in [1.29, 1.82) is 0 Å². The Kier molecular flexibility index (Phi) is 4.99. The van der Waals surface area contributed by atoms with Crippen molar-refractivity contribution in [2.45, 2.75) is 17.2 Å². The van der Waals surface area contributed by atoms with Gasteiger partial charge in [0.1, 0.15) is 0 Å². The molecule has 0 atom stereocenters. The zero-order valence-electron chi connectivity index (χ0n) is 12.5. The molecule has 0 fully saturated rings. The van der Waals surface area contributed by atoms with Crippen LogP contribution in [-0.2, 0) is 19.0 Å². The first kappa shape index (κ1) is 18.1. The smallest absolute Gasteiger partial charge is 0.411 e. The van der Waals surface area contributed by atoms with Crippen molar-refractivity contribution in [3.8, 4) is 11.5 Å². The Balaban J connectivity index is 1.78. The Morgan fingerprint density at radius 2 is 1.96 bits per heavy atom. The van der Waals surface area contributed by atoms with Gasteiger partial charge in [-0.3, -0.25) is 4.68 Å². The van der Waals surface area contributed by atoms with Crippen LogP contribution in [0.5, 0.6) is 0 Å². The molecule has 0 N–H and O–H groups in total. The quantitative estimate of drug-likeness (QED) is 0.562. The predicted octanol–water partition coefficient (Wildman–Crippen LogP) is 5.09. The fourth-order valence-electron chi connectivity index (χ4n) is 2.01. The zero-order valence-corrected chi connectivity index (χ0v) is 14.8. The average molecular weight is 409 g/mol. The molecule has 1 aromatic carbocycles. The van der Waals surface area contributed by atoms with Crippen molar-refractivity contribution in [3.05, 3.63) is 45.7 Å². The third-order valence-corrected chi connectivity index (χ3v) is 4.71. The van der Waals surface area contributed by atoms with E-state index in [1.807, 2.05) is 0 Å². The lowest BCUT2D eigenvalue weighted by atomic mass is 10.2. The third-order valence-electron chi connectivity index (χ3n) is 3.08. The SMILES string of the molecule is Cn1cc(-c2nnc(SCc3ccc(Cl)c(Cl)c3)o2)c(C(F)(F)F)n1. The molecule has 25 heavy (non-hydrogen) atoms. The summed E-state index contributed by atoms with van der Waals surface area (Å²) < 4.78 is 45.4. The summed E-state index contributed by atoms with van der Waals surface area (Å²) in [6.45, 7) is 0. The van der Waals surface area contributed by atoms with Gasteiger partial charge in [0.2, 0.25) is 0 Å². The summed E-state index contributed by atoms with van der Waals surface area (Å²) >= 11 is 13.0. The van der Waals surface area contributed by atoms with Crippen LogP contribution in [0, 0.1) is 0 Å². The number of nitrogens with zero attached hydrogens (tertiary/aromatic N) is 4. The average Bonchev–Trinajstić information content (AvgIpc) is 3.14. The molecule has 3 aromatic rings. The molecule has 2 aromatic heterocycles. The van der Waals surface area contributed by atoms with E-state index in [2.05, 4.69) is 15.3 Å². The van der Waals surface area contributed by atoms with Gasteiger partial charge >= 0.3 is 6.18 Å². The number of halogens is 5. The van der Waals surface area contributed by atoms with Crippen LogP contribution in [-0.4, -0.2) is 20.0 Å². The summed E-state index contributed by atoms with van der Waals surface area (Å²) in [7, 11) is 1.38. The largest absolute Gasteiger partial charge is 0.435 e. The number of alkyl halides is 3. The first-order valence-corrected chi connectivity index (χ1v) is 8.49. The fraction of sp³-hybridized carbons (Fsp3) is 0.214. The maximum absolute atomic E-state index is 13.0. The van der Waals surface area contributed by atoms with Gasteiger partial charge in [-0.05, 0) is 17.7 Å². The van der Waals surface area contributed by atoms with Gasteiger partial charge in [0.05, 0.1) is 15.6 Å². The van der Waals surface area contributed by atoms with Crippen LogP contribution < -0.4 is 0 Å². The van der Waals surface area contributed by atoms with Crippen molar-refractivity contribution in [1.82, 2.24) is 20.0 Å². The molecule has 0 aliphatic rings. The Morgan fingerprint density at radius 1 is 1.20 bits per heavy atom. The molecule has 2 heterocycles. The predicted molar refractivity (Wildman–Crippen MR) is 87.5 cm³/mol. The van der Waals surface area contributed by atoms with Gasteiger partial charge in [0.25, 0.3) is 11.1 Å². The topological polar surface area (TPSA) is 56.7 Å². The molecule has 0 spiro atoms. The van der Waals surface area contributed by atoms with Crippen LogP contribution >= 0.6 is 35.0 Å². The molecule has 132 valence electrons. The Morgan fingerprint density at radius 3 is 2.64 bits per heavy atom. The Bertz CT molecular complexity index is 910. The Hall–Kier alpha value is -1.71. The van der Waals surface area contributed by atoms with Crippen LogP contribution in [0.1, 0.15) is 11.3 Å². The maximum Gasteiger partial charge on any atom is 0.435 e. The molecule has 0 radical (unpaired) electrons. The first-order chi connectivity index (χ1) is 11.7. The van der Waals surface area contributed by atoms with Crippen molar-refractivity contribution in [2.75, 3.05) is 0 Å². The standard InChI is InChI=1S/C14H9Cl2F3N4OS/c1-23-5-8(11(22-23)14(17,18)19)12-20-21-13(24-12)25-6-7-2-3-9(15)10(16)4-7/h2-5H,6H2,1H3. The molecule has 0 amide bonds. The highest BCUT2D eigenvalue weighted by atomic mass is 35.5. The number of aryl methyl sites for hydroxylation is 1. The summed E-state index contributed by atoms with van der Waals surface area (Å²) in [4.78, 5) is 0. The summed E-state index contributed by atoms with van der Waals surface area (Å²) in [5.41, 5.74) is -0.472. The molecule has 0 saturated heterocycles. The summed E-state index contributed by atoms with van der Waals surface area (Å²) in [5.74, 6) is 0.203. The number of thioether (sulfide) groups is 1. The monoisotopic (exact) mass is 408 g/mol. The minimum atomic E-state index is -4.61. The van der Waals surface area contributed by atoms with Gasteiger partial charge in [-0.25, -0.2) is 0 Å². The molecule has 0 aliphatic carbocycles. The van der Waals surface area contributed by atoms with E-state index in [9.17, 15) is 13.2 Å². The van der Waals surface area contributed by atoms with Crippen LogP contribution in [0.3, 0.4) is 0 Å². The van der Waals surface area contributed by atoms with Crippen LogP contribution in [0.2, 0.25) is 10.0 Å². The van der Waals surface area contributed by atoms with E-state index >= 15 is 0 Å². The minimum absolute atomic E-state index is 0.137. The second-order valence-corrected chi connectivity index (χ2v) is 6.71. The number of benzene rings is 1. The van der Waals surface area contributed by atoms with E-state index in [-0.39, 0.29) is 16.7 Å². The van der Waals surface area contributed by atoms with Crippen molar-refractivity contribution in [2.24, 2.45) is 7.05 Å². The second-order valence-electron chi connectivity index (χ2n) is 4.97. The molecule has 5 nitrogen and oxygen atoms in total. The van der Waals surface area contributed by atoms with Gasteiger partial charge in [-0.2, -0.15) is 18.3 Å². The van der Waals surface area contributed by atoms with Gasteiger partial charge in [-0.1, -0.05) is 41.0 Å². The van der Waals surface area contributed by atoms with Crippen LogP contribution in [0.4, 0.5) is 13.2 Å². The third kappa shape index (κ3) is 4.10. The molecule has 0 aliphatic heterocycles. The van der Waals surface area contributed by atoms with E-state index < -0.39 is 11.9 Å². The fourth-order valence-corrected chi connectivity index (χ4v) is 3.03. The molecular weight excluding hydrogens is 400 g/mol. The van der Waals surface area contributed by atoms with E-state index in [0.717, 1.165) is 10.2 Å². The number of hydrogen-bond donors (Lipinski definition) is 0. The van der Waals surface area contributed by atoms with Crippen LogP contribution in [0.25, 0.3) is 11.5 Å². The molecule has 11 heteroatoms. The van der Waals surface area contributed by atoms with Gasteiger partial charge in [0, 0.05) is 19.0 Å². The normalized spacial score (nSPS) is 11.9. The molecular formula is C14H9Cl2F3N4OS. The van der Waals surface area contributed by atoms with E-state index in [1.165, 1.54) is 25.0 Å². The highest BCUT2D eigenvalue weighted by molar-refractivity contribution is 7.98. The zero-order chi connectivity index (χ0) is 18.2. The van der Waals surface area contributed by atoms with Gasteiger partial charge in [0.15, 0.2) is 5.69 Å². The highest BCUT2D eigenvalue weighted by Gasteiger charge is 2.38. The lowest BCUT2D eigenvalue weighted by Gasteiger charge is -2.03. The lowest BCUT2D eigenvalue weighted by Crippen LogP contribution is -2.08. The molecule has 0 saturated carbocycles. The second kappa shape index (κ2) is 6.89. The first-order valence-electron chi connectivity index (χ1n) is 6.75. The Labute approximate surface area is 154 Å². The summed E-state index contributed by atoms with van der Waals surface area (Å²) in [5, 5.41) is 11.8. The number of hydrogen-bond acceptors (Lipinski definition) is 5. The highest BCUT2D eigenvalue weighted by Crippen LogP contribution is 2.36. The molecule has 0 bridgehead atoms. The van der Waals surface area contributed by atoms with E-state index in [0.29, 0.717) is 15.8 Å². The lowest BCUT2D eigenvalue weighted by molar-refractivity contribution is -0.141.